The first-order valence-electron chi connectivity index (χ1n) is 5.96. The van der Waals surface area contributed by atoms with Gasteiger partial charge in [0.15, 0.2) is 0 Å². The number of nitrogens with zero attached hydrogens (tertiary/aromatic N) is 4. The molecule has 102 valence electrons. The summed E-state index contributed by atoms with van der Waals surface area (Å²) in [7, 11) is 0. The van der Waals surface area contributed by atoms with Crippen LogP contribution in [0.3, 0.4) is 0 Å². The fraction of sp³-hybridized carbons (Fsp3) is 0.154. The standard InChI is InChI=1S/C13H11Cl2N5/c1-7-9(14)4-3-5-10(7)18-12-8(2)11(15)19-13-16-6-17-20(12)13/h3-6,18H,1-2H3. The quantitative estimate of drug-likeness (QED) is 0.732. The van der Waals surface area contributed by atoms with Gasteiger partial charge in [0.05, 0.1) is 0 Å². The minimum absolute atomic E-state index is 0.396. The van der Waals surface area contributed by atoms with E-state index in [9.17, 15) is 0 Å². The van der Waals surface area contributed by atoms with E-state index in [2.05, 4.69) is 20.4 Å². The molecule has 0 radical (unpaired) electrons. The molecule has 3 rings (SSSR count). The molecule has 0 spiro atoms. The molecule has 1 N–H and O–H groups in total. The number of halogens is 2. The second kappa shape index (κ2) is 4.92. The monoisotopic (exact) mass is 307 g/mol. The van der Waals surface area contributed by atoms with Crippen molar-refractivity contribution in [3.05, 3.63) is 45.8 Å². The number of hydrogen-bond acceptors (Lipinski definition) is 4. The second-order valence-electron chi connectivity index (χ2n) is 4.39. The van der Waals surface area contributed by atoms with Crippen LogP contribution in [0.15, 0.2) is 24.5 Å². The molecular weight excluding hydrogens is 297 g/mol. The fourth-order valence-corrected chi connectivity index (χ4v) is 2.25. The molecule has 0 fully saturated rings. The first kappa shape index (κ1) is 13.1. The maximum atomic E-state index is 6.14. The molecule has 0 aliphatic rings. The van der Waals surface area contributed by atoms with Crippen molar-refractivity contribution in [1.29, 1.82) is 0 Å². The Labute approximate surface area is 125 Å². The average Bonchev–Trinajstić information content (AvgIpc) is 2.87. The summed E-state index contributed by atoms with van der Waals surface area (Å²) in [5, 5.41) is 8.55. The summed E-state index contributed by atoms with van der Waals surface area (Å²) in [6, 6.07) is 5.67. The van der Waals surface area contributed by atoms with Crippen LogP contribution in [0.1, 0.15) is 11.1 Å². The third-order valence-electron chi connectivity index (χ3n) is 3.13. The minimum atomic E-state index is 0.396. The number of hydrogen-bond donors (Lipinski definition) is 1. The van der Waals surface area contributed by atoms with Crippen molar-refractivity contribution < 1.29 is 0 Å². The molecule has 0 unspecified atom stereocenters. The molecule has 2 heterocycles. The van der Waals surface area contributed by atoms with E-state index in [4.69, 9.17) is 23.2 Å². The topological polar surface area (TPSA) is 55.1 Å². The Morgan fingerprint density at radius 1 is 1.15 bits per heavy atom. The highest BCUT2D eigenvalue weighted by molar-refractivity contribution is 6.31. The molecule has 2 aromatic heterocycles. The van der Waals surface area contributed by atoms with Crippen LogP contribution in [0.4, 0.5) is 11.5 Å². The molecule has 20 heavy (non-hydrogen) atoms. The van der Waals surface area contributed by atoms with E-state index in [1.807, 2.05) is 32.0 Å². The Kier molecular flexibility index (Phi) is 3.23. The lowest BCUT2D eigenvalue weighted by Crippen LogP contribution is -2.05. The van der Waals surface area contributed by atoms with Crippen LogP contribution in [0, 0.1) is 13.8 Å². The lowest BCUT2D eigenvalue weighted by Gasteiger charge is -2.14. The molecule has 0 saturated carbocycles. The summed E-state index contributed by atoms with van der Waals surface area (Å²) in [4.78, 5) is 8.22. The number of rotatable bonds is 2. The van der Waals surface area contributed by atoms with E-state index in [0.29, 0.717) is 16.0 Å². The summed E-state index contributed by atoms with van der Waals surface area (Å²) >= 11 is 12.3. The lowest BCUT2D eigenvalue weighted by atomic mass is 10.2. The molecule has 0 saturated heterocycles. The van der Waals surface area contributed by atoms with Crippen LogP contribution >= 0.6 is 23.2 Å². The van der Waals surface area contributed by atoms with Crippen LogP contribution in [0.25, 0.3) is 5.78 Å². The molecule has 0 amide bonds. The number of benzene rings is 1. The van der Waals surface area contributed by atoms with Gasteiger partial charge in [-0.25, -0.2) is 0 Å². The van der Waals surface area contributed by atoms with E-state index in [0.717, 1.165) is 22.6 Å². The van der Waals surface area contributed by atoms with Gasteiger partial charge in [-0.3, -0.25) is 0 Å². The maximum absolute atomic E-state index is 6.14. The number of anilines is 2. The Balaban J connectivity index is 2.17. The summed E-state index contributed by atoms with van der Waals surface area (Å²) in [6.45, 7) is 3.82. The smallest absolute Gasteiger partial charge is 0.255 e. The maximum Gasteiger partial charge on any atom is 0.255 e. The molecule has 0 atom stereocenters. The highest BCUT2D eigenvalue weighted by Gasteiger charge is 2.13. The van der Waals surface area contributed by atoms with Gasteiger partial charge in [0.25, 0.3) is 5.78 Å². The molecule has 0 aliphatic heterocycles. The largest absolute Gasteiger partial charge is 0.339 e. The van der Waals surface area contributed by atoms with Gasteiger partial charge < -0.3 is 5.32 Å². The zero-order chi connectivity index (χ0) is 14.3. The van der Waals surface area contributed by atoms with Gasteiger partial charge in [-0.05, 0) is 31.5 Å². The van der Waals surface area contributed by atoms with Gasteiger partial charge in [-0.1, -0.05) is 29.3 Å². The van der Waals surface area contributed by atoms with Crippen molar-refractivity contribution >= 4 is 40.5 Å². The third-order valence-corrected chi connectivity index (χ3v) is 3.90. The van der Waals surface area contributed by atoms with E-state index in [-0.39, 0.29) is 0 Å². The fourth-order valence-electron chi connectivity index (χ4n) is 1.91. The van der Waals surface area contributed by atoms with Crippen LogP contribution in [-0.2, 0) is 0 Å². The number of fused-ring (bicyclic) bond motifs is 1. The summed E-state index contributed by atoms with van der Waals surface area (Å²) < 4.78 is 1.61. The summed E-state index contributed by atoms with van der Waals surface area (Å²) in [6.07, 6.45) is 1.44. The van der Waals surface area contributed by atoms with E-state index in [1.54, 1.807) is 4.52 Å². The first-order chi connectivity index (χ1) is 9.58. The van der Waals surface area contributed by atoms with Crippen molar-refractivity contribution in [2.45, 2.75) is 13.8 Å². The molecule has 1 aromatic carbocycles. The average molecular weight is 308 g/mol. The van der Waals surface area contributed by atoms with Crippen molar-refractivity contribution in [3.8, 4) is 0 Å². The molecular formula is C13H11Cl2N5. The van der Waals surface area contributed by atoms with Gasteiger partial charge >= 0.3 is 0 Å². The predicted molar refractivity (Wildman–Crippen MR) is 80.0 cm³/mol. The zero-order valence-corrected chi connectivity index (χ0v) is 12.4. The molecule has 5 nitrogen and oxygen atoms in total. The molecule has 0 bridgehead atoms. The Morgan fingerprint density at radius 3 is 2.75 bits per heavy atom. The van der Waals surface area contributed by atoms with Gasteiger partial charge in [-0.2, -0.15) is 19.6 Å². The van der Waals surface area contributed by atoms with Crippen LogP contribution in [0.2, 0.25) is 10.2 Å². The Hall–Kier alpha value is -1.85. The Bertz CT molecular complexity index is 797. The normalized spacial score (nSPS) is 11.0. The summed E-state index contributed by atoms with van der Waals surface area (Å²) in [5.74, 6) is 1.17. The van der Waals surface area contributed by atoms with Crippen molar-refractivity contribution in [2.75, 3.05) is 5.32 Å². The van der Waals surface area contributed by atoms with Crippen molar-refractivity contribution in [1.82, 2.24) is 19.6 Å². The minimum Gasteiger partial charge on any atom is -0.339 e. The summed E-state index contributed by atoms with van der Waals surface area (Å²) in [5.41, 5.74) is 2.64. The molecule has 0 aliphatic carbocycles. The van der Waals surface area contributed by atoms with Gasteiger partial charge in [0, 0.05) is 16.3 Å². The van der Waals surface area contributed by atoms with Crippen molar-refractivity contribution in [3.63, 3.8) is 0 Å². The third kappa shape index (κ3) is 2.09. The highest BCUT2D eigenvalue weighted by atomic mass is 35.5. The van der Waals surface area contributed by atoms with Gasteiger partial charge in [0.1, 0.15) is 17.3 Å². The van der Waals surface area contributed by atoms with E-state index < -0.39 is 0 Å². The van der Waals surface area contributed by atoms with Crippen LogP contribution in [0.5, 0.6) is 0 Å². The number of aromatic nitrogens is 4. The predicted octanol–water partition coefficient (Wildman–Crippen LogP) is 3.79. The Morgan fingerprint density at radius 2 is 1.95 bits per heavy atom. The van der Waals surface area contributed by atoms with Crippen molar-refractivity contribution in [2.24, 2.45) is 0 Å². The van der Waals surface area contributed by atoms with Gasteiger partial charge in [0.2, 0.25) is 0 Å². The van der Waals surface area contributed by atoms with Crippen LogP contribution in [-0.4, -0.2) is 19.6 Å². The second-order valence-corrected chi connectivity index (χ2v) is 5.15. The zero-order valence-electron chi connectivity index (χ0n) is 10.9. The SMILES string of the molecule is Cc1c(Cl)cccc1Nc1c(C)c(Cl)nc2ncnn12. The lowest BCUT2D eigenvalue weighted by molar-refractivity contribution is 0.936. The van der Waals surface area contributed by atoms with Gasteiger partial charge in [-0.15, -0.1) is 0 Å². The number of nitrogens with one attached hydrogen (secondary N) is 1. The van der Waals surface area contributed by atoms with Crippen LogP contribution < -0.4 is 5.32 Å². The first-order valence-corrected chi connectivity index (χ1v) is 6.71. The molecule has 3 aromatic rings. The van der Waals surface area contributed by atoms with E-state index >= 15 is 0 Å². The van der Waals surface area contributed by atoms with E-state index in [1.165, 1.54) is 6.33 Å². The highest BCUT2D eigenvalue weighted by Crippen LogP contribution is 2.29. The molecule has 7 heteroatoms.